The Morgan fingerprint density at radius 1 is 1.07 bits per heavy atom. The zero-order valence-electron chi connectivity index (χ0n) is 16.2. The van der Waals surface area contributed by atoms with Crippen LogP contribution in [0.15, 0.2) is 46.9 Å². The third-order valence-corrected chi connectivity index (χ3v) is 4.63. The highest BCUT2D eigenvalue weighted by Crippen LogP contribution is 2.28. The molecule has 1 atom stereocenters. The third-order valence-electron chi connectivity index (χ3n) is 4.10. The number of unbranched alkanes of at least 4 members (excludes halogenated alkanes) is 1. The number of benzene rings is 2. The van der Waals surface area contributed by atoms with Gasteiger partial charge in [0.1, 0.15) is 0 Å². The lowest BCUT2D eigenvalue weighted by Crippen LogP contribution is -2.34. The normalized spacial score (nSPS) is 11.4. The molecule has 1 unspecified atom stereocenters. The molecular weight excluding hydrogens is 426 g/mol. The van der Waals surface area contributed by atoms with Crippen LogP contribution in [-0.4, -0.2) is 32.7 Å². The Balaban J connectivity index is 2.20. The number of hydrogen-bond acceptors (Lipinski definition) is 5. The maximum atomic E-state index is 12.7. The predicted octanol–water partition coefficient (Wildman–Crippen LogP) is 4.28. The molecule has 1 N–H and O–H groups in total. The van der Waals surface area contributed by atoms with Crippen LogP contribution in [0.2, 0.25) is 0 Å². The zero-order valence-corrected chi connectivity index (χ0v) is 17.7. The molecule has 0 aromatic heterocycles. The highest BCUT2D eigenvalue weighted by molar-refractivity contribution is 9.10. The summed E-state index contributed by atoms with van der Waals surface area (Å²) >= 11 is 3.35. The first kappa shape index (κ1) is 21.8. The second-order valence-electron chi connectivity index (χ2n) is 6.05. The van der Waals surface area contributed by atoms with Gasteiger partial charge in [0.2, 0.25) is 0 Å². The van der Waals surface area contributed by atoms with Crippen LogP contribution in [0.5, 0.6) is 11.5 Å². The highest BCUT2D eigenvalue weighted by atomic mass is 79.9. The van der Waals surface area contributed by atoms with Gasteiger partial charge in [-0.3, -0.25) is 4.79 Å². The number of rotatable bonds is 9. The molecule has 0 saturated heterocycles. The maximum absolute atomic E-state index is 12.7. The number of carbonyl (C=O) groups is 2. The second kappa shape index (κ2) is 10.7. The lowest BCUT2D eigenvalue weighted by atomic mass is 10.1. The van der Waals surface area contributed by atoms with E-state index in [0.29, 0.717) is 29.2 Å². The van der Waals surface area contributed by atoms with Gasteiger partial charge in [-0.1, -0.05) is 41.4 Å². The van der Waals surface area contributed by atoms with Crippen LogP contribution in [0, 0.1) is 0 Å². The molecule has 2 aromatic carbocycles. The van der Waals surface area contributed by atoms with Crippen molar-refractivity contribution in [1.29, 1.82) is 0 Å². The Morgan fingerprint density at radius 3 is 2.39 bits per heavy atom. The van der Waals surface area contributed by atoms with Crippen molar-refractivity contribution >= 4 is 27.8 Å². The molecule has 0 fully saturated rings. The summed E-state index contributed by atoms with van der Waals surface area (Å²) in [6, 6.07) is 11.1. The fourth-order valence-corrected chi connectivity index (χ4v) is 2.78. The van der Waals surface area contributed by atoms with Crippen molar-refractivity contribution in [1.82, 2.24) is 5.32 Å². The van der Waals surface area contributed by atoms with E-state index >= 15 is 0 Å². The Morgan fingerprint density at radius 2 is 1.79 bits per heavy atom. The van der Waals surface area contributed by atoms with Gasteiger partial charge in [0, 0.05) is 10.0 Å². The quantitative estimate of drug-likeness (QED) is 0.456. The first-order chi connectivity index (χ1) is 13.5. The van der Waals surface area contributed by atoms with Crippen molar-refractivity contribution in [2.75, 3.05) is 20.8 Å². The van der Waals surface area contributed by atoms with Crippen molar-refractivity contribution in [3.8, 4) is 11.5 Å². The van der Waals surface area contributed by atoms with Gasteiger partial charge in [-0.25, -0.2) is 4.79 Å². The van der Waals surface area contributed by atoms with E-state index in [1.165, 1.54) is 14.2 Å². The molecule has 0 heterocycles. The SMILES string of the molecule is CCCCOc1ccc(C(=O)NC(C(=O)OC)c2ccc(Br)cc2)cc1OC. The summed E-state index contributed by atoms with van der Waals surface area (Å²) in [7, 11) is 2.80. The zero-order chi connectivity index (χ0) is 20.5. The van der Waals surface area contributed by atoms with Crippen molar-refractivity contribution in [2.45, 2.75) is 25.8 Å². The minimum atomic E-state index is -0.919. The van der Waals surface area contributed by atoms with Crippen molar-refractivity contribution in [3.63, 3.8) is 0 Å². The van der Waals surface area contributed by atoms with Crippen molar-refractivity contribution in [3.05, 3.63) is 58.1 Å². The first-order valence-corrected chi connectivity index (χ1v) is 9.74. The van der Waals surface area contributed by atoms with Crippen LogP contribution in [0.1, 0.15) is 41.7 Å². The summed E-state index contributed by atoms with van der Waals surface area (Å²) in [5.74, 6) is 0.0609. The first-order valence-electron chi connectivity index (χ1n) is 8.95. The molecule has 28 heavy (non-hydrogen) atoms. The molecule has 0 saturated carbocycles. The number of ether oxygens (including phenoxy) is 3. The smallest absolute Gasteiger partial charge is 0.333 e. The lowest BCUT2D eigenvalue weighted by Gasteiger charge is -2.18. The molecular formula is C21H24BrNO5. The Bertz CT molecular complexity index is 807. The minimum Gasteiger partial charge on any atom is -0.493 e. The summed E-state index contributed by atoms with van der Waals surface area (Å²) < 4.78 is 16.7. The molecule has 0 aliphatic rings. The Hall–Kier alpha value is -2.54. The van der Waals surface area contributed by atoms with Crippen LogP contribution < -0.4 is 14.8 Å². The number of nitrogens with one attached hydrogen (secondary N) is 1. The standard InChI is InChI=1S/C21H24BrNO5/c1-4-5-12-28-17-11-8-15(13-18(17)26-2)20(24)23-19(21(25)27-3)14-6-9-16(22)10-7-14/h6-11,13,19H,4-5,12H2,1-3H3,(H,23,24). The molecule has 2 aromatic rings. The lowest BCUT2D eigenvalue weighted by molar-refractivity contribution is -0.143. The highest BCUT2D eigenvalue weighted by Gasteiger charge is 2.24. The van der Waals surface area contributed by atoms with Gasteiger partial charge < -0.3 is 19.5 Å². The molecule has 0 bridgehead atoms. The average molecular weight is 450 g/mol. The number of methoxy groups -OCH3 is 2. The van der Waals surface area contributed by atoms with Crippen molar-refractivity contribution in [2.24, 2.45) is 0 Å². The van der Waals surface area contributed by atoms with Crippen LogP contribution in [0.3, 0.4) is 0 Å². The topological polar surface area (TPSA) is 73.9 Å². The molecule has 0 aliphatic carbocycles. The van der Waals surface area contributed by atoms with E-state index in [4.69, 9.17) is 14.2 Å². The van der Waals surface area contributed by atoms with E-state index < -0.39 is 17.9 Å². The summed E-state index contributed by atoms with van der Waals surface area (Å²) in [5, 5.41) is 2.72. The molecule has 150 valence electrons. The summed E-state index contributed by atoms with van der Waals surface area (Å²) in [5.41, 5.74) is 0.973. The molecule has 0 spiro atoms. The van der Waals surface area contributed by atoms with E-state index in [1.54, 1.807) is 42.5 Å². The van der Waals surface area contributed by atoms with Crippen LogP contribution >= 0.6 is 15.9 Å². The van der Waals surface area contributed by atoms with E-state index in [9.17, 15) is 9.59 Å². The predicted molar refractivity (Wildman–Crippen MR) is 110 cm³/mol. The van der Waals surface area contributed by atoms with Gasteiger partial charge in [-0.2, -0.15) is 0 Å². The van der Waals surface area contributed by atoms with Gasteiger partial charge in [-0.05, 0) is 42.3 Å². The van der Waals surface area contributed by atoms with Gasteiger partial charge in [0.15, 0.2) is 17.5 Å². The fraction of sp³-hybridized carbons (Fsp3) is 0.333. The number of esters is 1. The second-order valence-corrected chi connectivity index (χ2v) is 6.96. The summed E-state index contributed by atoms with van der Waals surface area (Å²) in [6.07, 6.45) is 1.95. The average Bonchev–Trinajstić information content (AvgIpc) is 2.72. The number of amides is 1. The van der Waals surface area contributed by atoms with Gasteiger partial charge in [0.25, 0.3) is 5.91 Å². The maximum Gasteiger partial charge on any atom is 0.333 e. The van der Waals surface area contributed by atoms with E-state index in [2.05, 4.69) is 28.2 Å². The van der Waals surface area contributed by atoms with Crippen molar-refractivity contribution < 1.29 is 23.8 Å². The molecule has 1 amide bonds. The van der Waals surface area contributed by atoms with E-state index in [1.807, 2.05) is 0 Å². The minimum absolute atomic E-state index is 0.353. The number of carbonyl (C=O) groups excluding carboxylic acids is 2. The third kappa shape index (κ3) is 5.73. The molecule has 2 rings (SSSR count). The molecule has 0 aliphatic heterocycles. The van der Waals surface area contributed by atoms with Crippen LogP contribution in [-0.2, 0) is 9.53 Å². The van der Waals surface area contributed by atoms with E-state index in [0.717, 1.165) is 17.3 Å². The Kier molecular flexibility index (Phi) is 8.32. The molecule has 0 radical (unpaired) electrons. The van der Waals surface area contributed by atoms with Crippen LogP contribution in [0.25, 0.3) is 0 Å². The number of halogens is 1. The van der Waals surface area contributed by atoms with Gasteiger partial charge in [0.05, 0.1) is 20.8 Å². The van der Waals surface area contributed by atoms with Crippen LogP contribution in [0.4, 0.5) is 0 Å². The van der Waals surface area contributed by atoms with Gasteiger partial charge in [-0.15, -0.1) is 0 Å². The number of hydrogen-bond donors (Lipinski definition) is 1. The summed E-state index contributed by atoms with van der Waals surface area (Å²) in [6.45, 7) is 2.66. The summed E-state index contributed by atoms with van der Waals surface area (Å²) in [4.78, 5) is 24.9. The van der Waals surface area contributed by atoms with E-state index in [-0.39, 0.29) is 0 Å². The van der Waals surface area contributed by atoms with Gasteiger partial charge >= 0.3 is 5.97 Å². The monoisotopic (exact) mass is 449 g/mol. The fourth-order valence-electron chi connectivity index (χ4n) is 2.52. The molecule has 7 heteroatoms. The Labute approximate surface area is 173 Å². The largest absolute Gasteiger partial charge is 0.493 e. The molecule has 6 nitrogen and oxygen atoms in total.